The summed E-state index contributed by atoms with van der Waals surface area (Å²) in [5.41, 5.74) is 4.75. The summed E-state index contributed by atoms with van der Waals surface area (Å²) >= 11 is 0. The van der Waals surface area contributed by atoms with E-state index < -0.39 is 0 Å². The number of carbonyl (C=O) groups is 1. The molecule has 6 rings (SSSR count). The van der Waals surface area contributed by atoms with E-state index in [4.69, 9.17) is 9.47 Å². The first-order valence-electron chi connectivity index (χ1n) is 13.4. The van der Waals surface area contributed by atoms with Gasteiger partial charge in [-0.3, -0.25) is 14.7 Å². The lowest BCUT2D eigenvalue weighted by molar-refractivity contribution is 0.0334. The molecule has 2 saturated heterocycles. The van der Waals surface area contributed by atoms with Crippen LogP contribution in [0.25, 0.3) is 22.0 Å². The molecule has 0 radical (unpaired) electrons. The van der Waals surface area contributed by atoms with Crippen LogP contribution >= 0.6 is 0 Å². The highest BCUT2D eigenvalue weighted by Crippen LogP contribution is 2.28. The van der Waals surface area contributed by atoms with Gasteiger partial charge in [-0.05, 0) is 36.8 Å². The minimum atomic E-state index is -0.225. The Morgan fingerprint density at radius 3 is 2.69 bits per heavy atom. The Labute approximate surface area is 227 Å². The molecule has 202 valence electrons. The van der Waals surface area contributed by atoms with Gasteiger partial charge in [-0.25, -0.2) is 9.97 Å². The number of pyridine rings is 3. The summed E-state index contributed by atoms with van der Waals surface area (Å²) < 4.78 is 13.2. The Bertz CT molecular complexity index is 1460. The molecule has 0 atom stereocenters. The zero-order chi connectivity index (χ0) is 26.6. The molecule has 6 heterocycles. The first-order chi connectivity index (χ1) is 19.1. The second-order valence-electron chi connectivity index (χ2n) is 9.97. The van der Waals surface area contributed by atoms with E-state index in [1.165, 1.54) is 5.69 Å². The molecule has 2 fully saturated rings. The zero-order valence-corrected chi connectivity index (χ0v) is 22.2. The van der Waals surface area contributed by atoms with Crippen molar-refractivity contribution in [3.63, 3.8) is 0 Å². The summed E-state index contributed by atoms with van der Waals surface area (Å²) in [6.45, 7) is 7.29. The van der Waals surface area contributed by atoms with Gasteiger partial charge >= 0.3 is 0 Å². The maximum absolute atomic E-state index is 13.1. The number of nitrogens with one attached hydrogen (secondary N) is 1. The number of morpholine rings is 1. The summed E-state index contributed by atoms with van der Waals surface area (Å²) in [6.07, 6.45) is 8.30. The molecule has 0 bridgehead atoms. The molecule has 4 aromatic rings. The number of aryl methyl sites for hydroxylation is 1. The molecule has 2 aliphatic rings. The van der Waals surface area contributed by atoms with Gasteiger partial charge in [0.1, 0.15) is 11.6 Å². The van der Waals surface area contributed by atoms with E-state index in [-0.39, 0.29) is 5.91 Å². The van der Waals surface area contributed by atoms with Gasteiger partial charge in [0.15, 0.2) is 0 Å². The summed E-state index contributed by atoms with van der Waals surface area (Å²) in [5, 5.41) is 3.87. The third kappa shape index (κ3) is 5.78. The molecule has 2 aliphatic heterocycles. The fourth-order valence-electron chi connectivity index (χ4n) is 5.14. The first-order valence-corrected chi connectivity index (χ1v) is 13.4. The lowest BCUT2D eigenvalue weighted by Crippen LogP contribution is -2.36. The van der Waals surface area contributed by atoms with Crippen LogP contribution in [-0.4, -0.2) is 82.9 Å². The predicted octanol–water partition coefficient (Wildman–Crippen LogP) is 3.34. The van der Waals surface area contributed by atoms with Crippen LogP contribution in [0.1, 0.15) is 22.5 Å². The average Bonchev–Trinajstić information content (AvgIpc) is 3.15. The van der Waals surface area contributed by atoms with Gasteiger partial charge in [-0.2, -0.15) is 0 Å². The van der Waals surface area contributed by atoms with Crippen LogP contribution in [-0.2, 0) is 23.1 Å². The molecule has 10 nitrogen and oxygen atoms in total. The van der Waals surface area contributed by atoms with Crippen molar-refractivity contribution in [3.8, 4) is 11.1 Å². The number of hydrogen-bond donors (Lipinski definition) is 1. The average molecular weight is 528 g/mol. The molecule has 0 aliphatic carbocycles. The molecule has 0 saturated carbocycles. The standard InChI is InChI=1S/C29H33N7O3/c1-34-7-4-24(26(34)20-35-8-12-39-13-9-35)23-15-22-16-27(32-19-25(22)31-18-23)33-29(37)21-3-5-30-28(17-21)36-6-2-11-38-14-10-36/h3-5,7,15-19H,2,6,8-14,20H2,1H3,(H,32,33,37). The van der Waals surface area contributed by atoms with Crippen LogP contribution in [0, 0.1) is 0 Å². The van der Waals surface area contributed by atoms with Gasteiger partial charge in [0.05, 0.1) is 31.5 Å². The van der Waals surface area contributed by atoms with E-state index in [1.807, 2.05) is 18.3 Å². The Hall–Kier alpha value is -3.86. The van der Waals surface area contributed by atoms with Crippen LogP contribution in [0.4, 0.5) is 11.6 Å². The van der Waals surface area contributed by atoms with Gasteiger partial charge in [0.25, 0.3) is 5.91 Å². The van der Waals surface area contributed by atoms with Crippen molar-refractivity contribution in [2.75, 3.05) is 62.8 Å². The Balaban J connectivity index is 1.21. The van der Waals surface area contributed by atoms with Gasteiger partial charge in [0.2, 0.25) is 0 Å². The molecular weight excluding hydrogens is 494 g/mol. The zero-order valence-electron chi connectivity index (χ0n) is 22.2. The largest absolute Gasteiger partial charge is 0.380 e. The van der Waals surface area contributed by atoms with Crippen LogP contribution in [0.15, 0.2) is 55.1 Å². The second kappa shape index (κ2) is 11.5. The number of anilines is 2. The number of ether oxygens (including phenoxy) is 2. The van der Waals surface area contributed by atoms with Gasteiger partial charge < -0.3 is 24.3 Å². The second-order valence-corrected chi connectivity index (χ2v) is 9.97. The van der Waals surface area contributed by atoms with E-state index in [2.05, 4.69) is 60.0 Å². The molecule has 39 heavy (non-hydrogen) atoms. The summed E-state index contributed by atoms with van der Waals surface area (Å²) in [4.78, 5) is 31.3. The predicted molar refractivity (Wildman–Crippen MR) is 150 cm³/mol. The third-order valence-electron chi connectivity index (χ3n) is 7.35. The van der Waals surface area contributed by atoms with Gasteiger partial charge in [-0.15, -0.1) is 0 Å². The number of rotatable bonds is 6. The number of amides is 1. The fraction of sp³-hybridized carbons (Fsp3) is 0.379. The Morgan fingerprint density at radius 2 is 1.79 bits per heavy atom. The first kappa shape index (κ1) is 25.4. The summed E-state index contributed by atoms with van der Waals surface area (Å²) in [6, 6.07) is 9.68. The van der Waals surface area contributed by atoms with Crippen molar-refractivity contribution >= 4 is 28.4 Å². The number of nitrogens with zero attached hydrogens (tertiary/aromatic N) is 6. The van der Waals surface area contributed by atoms with Gasteiger partial charge in [-0.1, -0.05) is 0 Å². The van der Waals surface area contributed by atoms with Crippen LogP contribution in [0.5, 0.6) is 0 Å². The van der Waals surface area contributed by atoms with E-state index in [1.54, 1.807) is 18.5 Å². The van der Waals surface area contributed by atoms with Crippen LogP contribution in [0.2, 0.25) is 0 Å². The van der Waals surface area contributed by atoms with Crippen molar-refractivity contribution in [2.24, 2.45) is 7.05 Å². The smallest absolute Gasteiger partial charge is 0.257 e. The molecule has 1 amide bonds. The number of aromatic nitrogens is 4. The molecule has 0 spiro atoms. The molecule has 0 aromatic carbocycles. The van der Waals surface area contributed by atoms with E-state index in [0.717, 1.165) is 86.8 Å². The molecule has 1 N–H and O–H groups in total. The highest BCUT2D eigenvalue weighted by molar-refractivity contribution is 6.04. The van der Waals surface area contributed by atoms with Crippen molar-refractivity contribution in [3.05, 3.63) is 66.4 Å². The fourth-order valence-corrected chi connectivity index (χ4v) is 5.14. The van der Waals surface area contributed by atoms with E-state index >= 15 is 0 Å². The highest BCUT2D eigenvalue weighted by Gasteiger charge is 2.18. The third-order valence-corrected chi connectivity index (χ3v) is 7.35. The Kier molecular flexibility index (Phi) is 7.49. The number of carbonyl (C=O) groups excluding carboxylic acids is 1. The van der Waals surface area contributed by atoms with Crippen molar-refractivity contribution in [2.45, 2.75) is 13.0 Å². The van der Waals surface area contributed by atoms with E-state index in [9.17, 15) is 4.79 Å². The maximum atomic E-state index is 13.1. The number of fused-ring (bicyclic) bond motifs is 1. The lowest BCUT2D eigenvalue weighted by atomic mass is 10.1. The van der Waals surface area contributed by atoms with E-state index in [0.29, 0.717) is 18.0 Å². The minimum absolute atomic E-state index is 0.225. The van der Waals surface area contributed by atoms with Crippen LogP contribution in [0.3, 0.4) is 0 Å². The minimum Gasteiger partial charge on any atom is -0.380 e. The topological polar surface area (TPSA) is 97.6 Å². The van der Waals surface area contributed by atoms with Crippen molar-refractivity contribution < 1.29 is 14.3 Å². The summed E-state index contributed by atoms with van der Waals surface area (Å²) in [7, 11) is 2.08. The van der Waals surface area contributed by atoms with Gasteiger partial charge in [0, 0.05) is 92.7 Å². The van der Waals surface area contributed by atoms with Crippen molar-refractivity contribution in [1.29, 1.82) is 0 Å². The Morgan fingerprint density at radius 1 is 0.949 bits per heavy atom. The van der Waals surface area contributed by atoms with Crippen molar-refractivity contribution in [1.82, 2.24) is 24.4 Å². The number of hydrogen-bond acceptors (Lipinski definition) is 8. The summed E-state index contributed by atoms with van der Waals surface area (Å²) in [5.74, 6) is 1.04. The monoisotopic (exact) mass is 527 g/mol. The quantitative estimate of drug-likeness (QED) is 0.408. The van der Waals surface area contributed by atoms with Crippen LogP contribution < -0.4 is 10.2 Å². The molecule has 10 heteroatoms. The molecular formula is C29H33N7O3. The highest BCUT2D eigenvalue weighted by atomic mass is 16.5. The SMILES string of the molecule is Cn1ccc(-c2cnc3cnc(NC(=O)c4ccnc(N5CCCOCC5)c4)cc3c2)c1CN1CCOCC1. The molecule has 4 aromatic heterocycles. The maximum Gasteiger partial charge on any atom is 0.257 e. The molecule has 0 unspecified atom stereocenters. The lowest BCUT2D eigenvalue weighted by Gasteiger charge is -2.27. The normalized spacial score (nSPS) is 16.8.